The molecule has 4 aromatic rings. The van der Waals surface area contributed by atoms with Gasteiger partial charge in [0.25, 0.3) is 5.91 Å². The smallest absolute Gasteiger partial charge is 0.275 e. The predicted molar refractivity (Wildman–Crippen MR) is 112 cm³/mol. The van der Waals surface area contributed by atoms with E-state index in [2.05, 4.69) is 30.6 Å². The summed E-state index contributed by atoms with van der Waals surface area (Å²) in [5.41, 5.74) is 2.29. The molecule has 9 nitrogen and oxygen atoms in total. The van der Waals surface area contributed by atoms with Crippen molar-refractivity contribution in [2.24, 2.45) is 0 Å². The van der Waals surface area contributed by atoms with Gasteiger partial charge in [-0.1, -0.05) is 6.07 Å². The number of aliphatic hydroxyl groups is 1. The molecule has 1 saturated carbocycles. The lowest BCUT2D eigenvalue weighted by Crippen LogP contribution is -2.42. The van der Waals surface area contributed by atoms with Crippen LogP contribution >= 0.6 is 11.3 Å². The van der Waals surface area contributed by atoms with E-state index in [0.717, 1.165) is 5.56 Å². The van der Waals surface area contributed by atoms with Gasteiger partial charge in [0.15, 0.2) is 0 Å². The Labute approximate surface area is 175 Å². The average molecular weight is 421 g/mol. The summed E-state index contributed by atoms with van der Waals surface area (Å²) in [6.45, 7) is 1.81. The molecule has 3 N–H and O–H groups in total. The molecule has 10 heteroatoms. The summed E-state index contributed by atoms with van der Waals surface area (Å²) in [4.78, 5) is 21.6. The summed E-state index contributed by atoms with van der Waals surface area (Å²) in [6.07, 6.45) is 8.11. The van der Waals surface area contributed by atoms with Gasteiger partial charge in [-0.2, -0.15) is 10.2 Å². The van der Waals surface area contributed by atoms with E-state index in [1.54, 1.807) is 34.8 Å². The molecule has 0 unspecified atom stereocenters. The molecule has 4 heterocycles. The van der Waals surface area contributed by atoms with E-state index in [9.17, 15) is 9.90 Å². The Bertz CT molecular complexity index is 1170. The molecule has 1 aliphatic carbocycles. The van der Waals surface area contributed by atoms with Crippen LogP contribution in [0, 0.1) is 0 Å². The molecule has 0 atom stereocenters. The molecular weight excluding hydrogens is 402 g/mol. The van der Waals surface area contributed by atoms with Gasteiger partial charge in [-0.15, -0.1) is 11.3 Å². The first-order chi connectivity index (χ1) is 14.5. The second-order valence-corrected chi connectivity index (χ2v) is 8.48. The first kappa shape index (κ1) is 18.6. The molecule has 0 spiro atoms. The molecule has 0 bridgehead atoms. The van der Waals surface area contributed by atoms with Crippen LogP contribution in [0.3, 0.4) is 0 Å². The number of carbonyl (C=O) groups excluding carboxylic acids is 1. The highest BCUT2D eigenvalue weighted by molar-refractivity contribution is 7.13. The molecule has 0 aliphatic heterocycles. The van der Waals surface area contributed by atoms with Crippen LogP contribution in [0.25, 0.3) is 22.0 Å². The highest BCUT2D eigenvalue weighted by Gasteiger charge is 2.40. The summed E-state index contributed by atoms with van der Waals surface area (Å²) in [7, 11) is 0. The molecule has 1 fully saturated rings. The Morgan fingerprint density at radius 2 is 2.27 bits per heavy atom. The number of carbonyl (C=O) groups is 1. The number of aromatic amines is 1. The van der Waals surface area contributed by atoms with Crippen LogP contribution in [0.1, 0.15) is 36.3 Å². The van der Waals surface area contributed by atoms with E-state index in [0.29, 0.717) is 40.6 Å². The summed E-state index contributed by atoms with van der Waals surface area (Å²) in [5, 5.41) is 26.7. The van der Waals surface area contributed by atoms with Crippen LogP contribution in [0.2, 0.25) is 0 Å². The second-order valence-electron chi connectivity index (χ2n) is 7.62. The van der Waals surface area contributed by atoms with Crippen LogP contribution in [0.4, 0.5) is 5.69 Å². The molecule has 1 aliphatic rings. The number of amides is 1. The molecule has 5 rings (SSSR count). The number of thiazole rings is 1. The van der Waals surface area contributed by atoms with Gasteiger partial charge in [0.1, 0.15) is 16.4 Å². The van der Waals surface area contributed by atoms with Crippen molar-refractivity contribution < 1.29 is 9.90 Å². The van der Waals surface area contributed by atoms with Crippen LogP contribution < -0.4 is 5.32 Å². The van der Waals surface area contributed by atoms with Gasteiger partial charge in [0, 0.05) is 29.5 Å². The largest absolute Gasteiger partial charge is 0.390 e. The molecule has 152 valence electrons. The summed E-state index contributed by atoms with van der Waals surface area (Å²) in [5.74, 6) is -0.321. The fraction of sp³-hybridized carbons (Fsp3) is 0.250. The van der Waals surface area contributed by atoms with Gasteiger partial charge >= 0.3 is 0 Å². The van der Waals surface area contributed by atoms with Crippen molar-refractivity contribution in [2.75, 3.05) is 5.32 Å². The van der Waals surface area contributed by atoms with E-state index in [1.165, 1.54) is 11.3 Å². The average Bonchev–Trinajstić information content (AvgIpc) is 3.46. The van der Waals surface area contributed by atoms with Gasteiger partial charge in [0.05, 0.1) is 29.2 Å². The highest BCUT2D eigenvalue weighted by atomic mass is 32.1. The lowest BCUT2D eigenvalue weighted by atomic mass is 9.77. The Morgan fingerprint density at radius 3 is 2.97 bits per heavy atom. The topological polar surface area (TPSA) is 122 Å². The first-order valence-corrected chi connectivity index (χ1v) is 10.4. The molecule has 4 aromatic heterocycles. The number of nitrogens with one attached hydrogen (secondary N) is 2. The number of anilines is 1. The SMILES string of the molecule is CC1(O)CC(n2cc(NC(=O)c3csc(-c4cn[nH]c4)n3)c(-c3ccccn3)n2)C1. The van der Waals surface area contributed by atoms with Gasteiger partial charge in [-0.05, 0) is 31.9 Å². The minimum absolute atomic E-state index is 0.0834. The van der Waals surface area contributed by atoms with Crippen molar-refractivity contribution in [3.63, 3.8) is 0 Å². The van der Waals surface area contributed by atoms with Crippen LogP contribution in [0.15, 0.2) is 48.4 Å². The lowest BCUT2D eigenvalue weighted by molar-refractivity contribution is -0.0542. The van der Waals surface area contributed by atoms with E-state index >= 15 is 0 Å². The molecular formula is C20H19N7O2S. The van der Waals surface area contributed by atoms with Crippen molar-refractivity contribution in [1.82, 2.24) is 29.9 Å². The number of rotatable bonds is 5. The highest BCUT2D eigenvalue weighted by Crippen LogP contribution is 2.42. The summed E-state index contributed by atoms with van der Waals surface area (Å²) < 4.78 is 1.80. The predicted octanol–water partition coefficient (Wildman–Crippen LogP) is 3.13. The molecule has 0 aromatic carbocycles. The maximum Gasteiger partial charge on any atom is 0.275 e. The van der Waals surface area contributed by atoms with Gasteiger partial charge < -0.3 is 10.4 Å². The Morgan fingerprint density at radius 1 is 1.40 bits per heavy atom. The summed E-state index contributed by atoms with van der Waals surface area (Å²) in [6, 6.07) is 5.63. The van der Waals surface area contributed by atoms with Crippen molar-refractivity contribution in [2.45, 2.75) is 31.4 Å². The zero-order chi connectivity index (χ0) is 20.7. The van der Waals surface area contributed by atoms with Gasteiger partial charge in [-0.3, -0.25) is 19.6 Å². The van der Waals surface area contributed by atoms with Gasteiger partial charge in [0.2, 0.25) is 0 Å². The van der Waals surface area contributed by atoms with Gasteiger partial charge in [-0.25, -0.2) is 4.98 Å². The monoisotopic (exact) mass is 421 g/mol. The molecule has 0 radical (unpaired) electrons. The van der Waals surface area contributed by atoms with E-state index < -0.39 is 5.60 Å². The van der Waals surface area contributed by atoms with Crippen molar-refractivity contribution in [3.05, 3.63) is 54.1 Å². The third-order valence-corrected chi connectivity index (χ3v) is 5.99. The minimum Gasteiger partial charge on any atom is -0.390 e. The fourth-order valence-electron chi connectivity index (χ4n) is 3.57. The first-order valence-electron chi connectivity index (χ1n) is 9.47. The Hall–Kier alpha value is -3.37. The molecule has 1 amide bonds. The maximum atomic E-state index is 12.9. The number of hydrogen-bond donors (Lipinski definition) is 3. The van der Waals surface area contributed by atoms with Crippen LogP contribution in [-0.4, -0.2) is 46.6 Å². The van der Waals surface area contributed by atoms with Crippen molar-refractivity contribution in [1.29, 1.82) is 0 Å². The standard InChI is InChI=1S/C20H19N7O2S/c1-20(29)6-13(7-20)27-10-15(17(26-27)14-4-2-3-5-21-14)24-18(28)16-11-30-19(25-16)12-8-22-23-9-12/h2-5,8-11,13,29H,6-7H2,1H3,(H,22,23)(H,24,28). The number of nitrogens with zero attached hydrogens (tertiary/aromatic N) is 5. The van der Waals surface area contributed by atoms with E-state index in [-0.39, 0.29) is 11.9 Å². The van der Waals surface area contributed by atoms with E-state index in [1.807, 2.05) is 25.1 Å². The van der Waals surface area contributed by atoms with E-state index in [4.69, 9.17) is 0 Å². The minimum atomic E-state index is -0.671. The third kappa shape index (κ3) is 3.51. The van der Waals surface area contributed by atoms with Crippen molar-refractivity contribution >= 4 is 22.9 Å². The maximum absolute atomic E-state index is 12.9. The number of aromatic nitrogens is 6. The quantitative estimate of drug-likeness (QED) is 0.455. The number of pyridine rings is 1. The normalized spacial score (nSPS) is 20.7. The number of hydrogen-bond acceptors (Lipinski definition) is 7. The second kappa shape index (κ2) is 7.15. The zero-order valence-corrected chi connectivity index (χ0v) is 16.9. The fourth-order valence-corrected chi connectivity index (χ4v) is 4.35. The molecule has 30 heavy (non-hydrogen) atoms. The van der Waals surface area contributed by atoms with Crippen LogP contribution in [-0.2, 0) is 0 Å². The molecule has 0 saturated heterocycles. The Kier molecular flexibility index (Phi) is 4.44. The van der Waals surface area contributed by atoms with Crippen LogP contribution in [0.5, 0.6) is 0 Å². The summed E-state index contributed by atoms with van der Waals surface area (Å²) >= 11 is 1.38. The zero-order valence-electron chi connectivity index (χ0n) is 16.1. The third-order valence-electron chi connectivity index (χ3n) is 5.09. The number of H-pyrrole nitrogens is 1. The Balaban J connectivity index is 1.43. The van der Waals surface area contributed by atoms with Crippen molar-refractivity contribution in [3.8, 4) is 22.0 Å². The lowest BCUT2D eigenvalue weighted by Gasteiger charge is -2.40.